The lowest BCUT2D eigenvalue weighted by Gasteiger charge is -2.21. The van der Waals surface area contributed by atoms with Crippen LogP contribution in [-0.4, -0.2) is 29.3 Å². The molecule has 2 aromatic carbocycles. The molecular formula is C23H26N4O2S. The maximum Gasteiger partial charge on any atom is 0.247 e. The van der Waals surface area contributed by atoms with Gasteiger partial charge in [-0.1, -0.05) is 55.3 Å². The van der Waals surface area contributed by atoms with Crippen LogP contribution in [0.15, 0.2) is 54.6 Å². The third-order valence-corrected chi connectivity index (χ3v) is 6.33. The Morgan fingerprint density at radius 3 is 2.53 bits per heavy atom. The van der Waals surface area contributed by atoms with E-state index in [1.807, 2.05) is 54.6 Å². The van der Waals surface area contributed by atoms with Crippen LogP contribution in [0.4, 0.5) is 5.82 Å². The van der Waals surface area contributed by atoms with Crippen molar-refractivity contribution in [3.8, 4) is 0 Å². The van der Waals surface area contributed by atoms with Gasteiger partial charge in [-0.25, -0.2) is 0 Å². The minimum absolute atomic E-state index is 0.0172. The van der Waals surface area contributed by atoms with Gasteiger partial charge in [0.05, 0.1) is 4.70 Å². The predicted molar refractivity (Wildman–Crippen MR) is 120 cm³/mol. The normalized spacial score (nSPS) is 15.1. The van der Waals surface area contributed by atoms with Crippen molar-refractivity contribution in [1.29, 1.82) is 0 Å². The molecule has 7 heteroatoms. The number of aromatic nitrogens is 1. The molecule has 0 spiro atoms. The summed E-state index contributed by atoms with van der Waals surface area (Å²) in [5.41, 5.74) is 0.791. The Kier molecular flexibility index (Phi) is 6.59. The van der Waals surface area contributed by atoms with Crippen molar-refractivity contribution in [3.05, 3.63) is 60.2 Å². The second kappa shape index (κ2) is 9.71. The molecule has 0 radical (unpaired) electrons. The number of hydrogen-bond donors (Lipinski definition) is 3. The molecule has 1 fully saturated rings. The molecule has 0 saturated heterocycles. The lowest BCUT2D eigenvalue weighted by atomic mass is 10.0. The number of benzene rings is 2. The molecule has 1 aliphatic rings. The fourth-order valence-corrected chi connectivity index (χ4v) is 4.63. The minimum atomic E-state index is -0.681. The molecule has 0 aliphatic heterocycles. The Labute approximate surface area is 180 Å². The Morgan fingerprint density at radius 1 is 1.00 bits per heavy atom. The lowest BCUT2D eigenvalue weighted by molar-refractivity contribution is -0.131. The lowest BCUT2D eigenvalue weighted by Crippen LogP contribution is -2.43. The predicted octanol–water partition coefficient (Wildman–Crippen LogP) is 3.87. The van der Waals surface area contributed by atoms with Crippen molar-refractivity contribution in [2.75, 3.05) is 18.4 Å². The highest BCUT2D eigenvalue weighted by molar-refractivity contribution is 7.13. The average molecular weight is 423 g/mol. The molecular weight excluding hydrogens is 396 g/mol. The zero-order valence-electron chi connectivity index (χ0n) is 16.8. The van der Waals surface area contributed by atoms with Gasteiger partial charge in [-0.05, 0) is 42.1 Å². The molecule has 0 unspecified atom stereocenters. The highest BCUT2D eigenvalue weighted by atomic mass is 32.1. The highest BCUT2D eigenvalue weighted by Crippen LogP contribution is 2.27. The van der Waals surface area contributed by atoms with Crippen molar-refractivity contribution in [1.82, 2.24) is 15.0 Å². The summed E-state index contributed by atoms with van der Waals surface area (Å²) in [6.07, 6.45) is 3.97. The van der Waals surface area contributed by atoms with Crippen LogP contribution < -0.4 is 16.0 Å². The summed E-state index contributed by atoms with van der Waals surface area (Å²) in [5.74, 6) is 0.628. The monoisotopic (exact) mass is 422 g/mol. The smallest absolute Gasteiger partial charge is 0.247 e. The number of nitrogens with zero attached hydrogens (tertiary/aromatic N) is 1. The van der Waals surface area contributed by atoms with Crippen LogP contribution in [0.5, 0.6) is 0 Å². The van der Waals surface area contributed by atoms with Gasteiger partial charge in [0, 0.05) is 24.4 Å². The molecule has 3 aromatic rings. The Morgan fingerprint density at radius 2 is 1.73 bits per heavy atom. The van der Waals surface area contributed by atoms with Crippen molar-refractivity contribution in [2.24, 2.45) is 5.92 Å². The molecule has 1 aromatic heterocycles. The van der Waals surface area contributed by atoms with E-state index in [4.69, 9.17) is 0 Å². The van der Waals surface area contributed by atoms with Crippen LogP contribution in [0.1, 0.15) is 37.3 Å². The Hall–Kier alpha value is -2.93. The van der Waals surface area contributed by atoms with E-state index in [1.54, 1.807) is 0 Å². The van der Waals surface area contributed by atoms with Crippen LogP contribution in [0.2, 0.25) is 0 Å². The number of carbonyl (C=O) groups is 2. The van der Waals surface area contributed by atoms with E-state index in [-0.39, 0.29) is 17.7 Å². The molecule has 1 saturated carbocycles. The van der Waals surface area contributed by atoms with E-state index in [0.717, 1.165) is 47.2 Å². The zero-order valence-corrected chi connectivity index (χ0v) is 17.6. The third kappa shape index (κ3) is 4.79. The van der Waals surface area contributed by atoms with Gasteiger partial charge in [0.1, 0.15) is 11.9 Å². The maximum absolute atomic E-state index is 12.9. The molecule has 0 bridgehead atoms. The number of carbonyl (C=O) groups excluding carboxylic acids is 2. The van der Waals surface area contributed by atoms with E-state index in [0.29, 0.717) is 13.1 Å². The van der Waals surface area contributed by atoms with E-state index < -0.39 is 6.04 Å². The van der Waals surface area contributed by atoms with E-state index in [2.05, 4.69) is 20.3 Å². The van der Waals surface area contributed by atoms with Crippen molar-refractivity contribution in [2.45, 2.75) is 31.7 Å². The minimum Gasteiger partial charge on any atom is -0.367 e. The number of amides is 2. The van der Waals surface area contributed by atoms with Crippen molar-refractivity contribution < 1.29 is 9.59 Å². The zero-order chi connectivity index (χ0) is 20.8. The van der Waals surface area contributed by atoms with Crippen molar-refractivity contribution >= 4 is 39.3 Å². The standard InChI is InChI=1S/C23H26N4O2S/c28-22(17-10-4-5-11-17)26-20(16-8-2-1-3-9-16)23(29)25-15-14-24-21-18-12-6-7-13-19(18)30-27-21/h1-3,6-9,12-13,17,20H,4-5,10-11,14-15H2,(H,24,27)(H,25,29)(H,26,28)/t20-/m0/s1. The van der Waals surface area contributed by atoms with Crippen LogP contribution >= 0.6 is 11.5 Å². The van der Waals surface area contributed by atoms with Crippen molar-refractivity contribution in [3.63, 3.8) is 0 Å². The fourth-order valence-electron chi connectivity index (χ4n) is 3.88. The SMILES string of the molecule is O=C(N[C@H](C(=O)NCCNc1nsc2ccccc12)c1ccccc1)C1CCCC1. The summed E-state index contributed by atoms with van der Waals surface area (Å²) in [6, 6.07) is 16.8. The van der Waals surface area contributed by atoms with Crippen LogP contribution in [-0.2, 0) is 9.59 Å². The largest absolute Gasteiger partial charge is 0.367 e. The second-order valence-electron chi connectivity index (χ2n) is 7.58. The van der Waals surface area contributed by atoms with Gasteiger partial charge in [-0.15, -0.1) is 0 Å². The van der Waals surface area contributed by atoms with Gasteiger partial charge in [-0.2, -0.15) is 4.37 Å². The fraction of sp³-hybridized carbons (Fsp3) is 0.348. The first-order chi connectivity index (χ1) is 14.7. The third-order valence-electron chi connectivity index (χ3n) is 5.50. The molecule has 6 nitrogen and oxygen atoms in total. The van der Waals surface area contributed by atoms with Gasteiger partial charge < -0.3 is 16.0 Å². The molecule has 2 amide bonds. The number of anilines is 1. The summed E-state index contributed by atoms with van der Waals surface area (Å²) in [7, 11) is 0. The Bertz CT molecular complexity index is 999. The average Bonchev–Trinajstić information content (AvgIpc) is 3.46. The summed E-state index contributed by atoms with van der Waals surface area (Å²) in [6.45, 7) is 0.991. The second-order valence-corrected chi connectivity index (χ2v) is 8.38. The van der Waals surface area contributed by atoms with Gasteiger partial charge in [0.2, 0.25) is 11.8 Å². The Balaban J connectivity index is 1.34. The quantitative estimate of drug-likeness (QED) is 0.481. The summed E-state index contributed by atoms with van der Waals surface area (Å²) in [4.78, 5) is 25.5. The first-order valence-corrected chi connectivity index (χ1v) is 11.2. The number of fused-ring (bicyclic) bond motifs is 1. The number of nitrogens with one attached hydrogen (secondary N) is 3. The maximum atomic E-state index is 12.9. The van der Waals surface area contributed by atoms with E-state index in [9.17, 15) is 9.59 Å². The van der Waals surface area contributed by atoms with Gasteiger partial charge in [-0.3, -0.25) is 9.59 Å². The first kappa shape index (κ1) is 20.3. The highest BCUT2D eigenvalue weighted by Gasteiger charge is 2.28. The molecule has 30 heavy (non-hydrogen) atoms. The van der Waals surface area contributed by atoms with E-state index in [1.165, 1.54) is 11.5 Å². The van der Waals surface area contributed by atoms with Crippen LogP contribution in [0, 0.1) is 5.92 Å². The summed E-state index contributed by atoms with van der Waals surface area (Å²) < 4.78 is 5.57. The summed E-state index contributed by atoms with van der Waals surface area (Å²) >= 11 is 1.45. The first-order valence-electron chi connectivity index (χ1n) is 10.4. The van der Waals surface area contributed by atoms with E-state index >= 15 is 0 Å². The number of hydrogen-bond acceptors (Lipinski definition) is 5. The molecule has 4 rings (SSSR count). The van der Waals surface area contributed by atoms with Crippen LogP contribution in [0.3, 0.4) is 0 Å². The number of rotatable bonds is 8. The summed E-state index contributed by atoms with van der Waals surface area (Å²) in [5, 5.41) is 10.3. The van der Waals surface area contributed by atoms with Gasteiger partial charge >= 0.3 is 0 Å². The van der Waals surface area contributed by atoms with Crippen LogP contribution in [0.25, 0.3) is 10.1 Å². The molecule has 1 heterocycles. The molecule has 1 aliphatic carbocycles. The molecule has 156 valence electrons. The van der Waals surface area contributed by atoms with Gasteiger partial charge in [0.25, 0.3) is 0 Å². The molecule has 1 atom stereocenters. The topological polar surface area (TPSA) is 83.1 Å². The molecule has 3 N–H and O–H groups in total. The van der Waals surface area contributed by atoms with Gasteiger partial charge in [0.15, 0.2) is 0 Å².